The Morgan fingerprint density at radius 3 is 2.56 bits per heavy atom. The van der Waals surface area contributed by atoms with E-state index in [1.54, 1.807) is 17.9 Å². The second kappa shape index (κ2) is 5.72. The number of carbonyl (C=O) groups is 3. The fraction of sp³-hybridized carbons (Fsp3) is 0.421. The summed E-state index contributed by atoms with van der Waals surface area (Å²) in [4.78, 5) is 37.6. The number of fused-ring (bicyclic) bond motifs is 3. The number of nitrogens with one attached hydrogen (secondary N) is 1. The van der Waals surface area contributed by atoms with E-state index >= 15 is 0 Å². The maximum absolute atomic E-state index is 12.7. The Labute approximate surface area is 145 Å². The first-order valence-electron chi connectivity index (χ1n) is 8.58. The smallest absolute Gasteiger partial charge is 0.307 e. The van der Waals surface area contributed by atoms with Crippen molar-refractivity contribution in [3.8, 4) is 0 Å². The molecule has 0 aromatic heterocycles. The summed E-state index contributed by atoms with van der Waals surface area (Å²) in [6.07, 6.45) is 5.40. The molecule has 1 fully saturated rings. The molecule has 0 spiro atoms. The van der Waals surface area contributed by atoms with Crippen molar-refractivity contribution in [1.82, 2.24) is 0 Å². The number of hydrogen-bond donors (Lipinski definition) is 2. The van der Waals surface area contributed by atoms with Crippen LogP contribution in [0.3, 0.4) is 0 Å². The lowest BCUT2D eigenvalue weighted by molar-refractivity contribution is -0.146. The highest BCUT2D eigenvalue weighted by Crippen LogP contribution is 2.48. The molecule has 2 aliphatic carbocycles. The zero-order valence-corrected chi connectivity index (χ0v) is 13.9. The van der Waals surface area contributed by atoms with Crippen molar-refractivity contribution in [1.29, 1.82) is 0 Å². The van der Waals surface area contributed by atoms with E-state index in [4.69, 9.17) is 0 Å². The van der Waals surface area contributed by atoms with Gasteiger partial charge in [0, 0.05) is 24.8 Å². The number of nitrogens with zero attached hydrogens (tertiary/aromatic N) is 1. The zero-order chi connectivity index (χ0) is 17.7. The first-order chi connectivity index (χ1) is 12.0. The molecule has 0 radical (unpaired) electrons. The van der Waals surface area contributed by atoms with Gasteiger partial charge in [-0.05, 0) is 48.4 Å². The summed E-state index contributed by atoms with van der Waals surface area (Å²) in [7, 11) is 0. The Hall–Kier alpha value is -2.63. The monoisotopic (exact) mass is 340 g/mol. The van der Waals surface area contributed by atoms with Gasteiger partial charge in [0.1, 0.15) is 0 Å². The minimum Gasteiger partial charge on any atom is -0.481 e. The number of hydrogen-bond acceptors (Lipinski definition) is 3. The van der Waals surface area contributed by atoms with Crippen molar-refractivity contribution in [2.24, 2.45) is 23.7 Å². The molecule has 0 saturated heterocycles. The van der Waals surface area contributed by atoms with E-state index in [1.165, 1.54) is 0 Å². The summed E-state index contributed by atoms with van der Waals surface area (Å²) in [5.41, 5.74) is 2.57. The van der Waals surface area contributed by atoms with Gasteiger partial charge in [0.25, 0.3) is 0 Å². The van der Waals surface area contributed by atoms with Crippen molar-refractivity contribution >= 4 is 29.2 Å². The Kier molecular flexibility index (Phi) is 3.63. The number of carbonyl (C=O) groups excluding carboxylic acids is 2. The van der Waals surface area contributed by atoms with Gasteiger partial charge in [-0.15, -0.1) is 0 Å². The molecule has 1 aliphatic heterocycles. The van der Waals surface area contributed by atoms with Gasteiger partial charge in [0.15, 0.2) is 0 Å². The van der Waals surface area contributed by atoms with Crippen LogP contribution in [0.4, 0.5) is 11.4 Å². The third-order valence-electron chi connectivity index (χ3n) is 5.67. The molecule has 2 N–H and O–H groups in total. The molecule has 1 aromatic carbocycles. The molecule has 4 rings (SSSR count). The number of allylic oxidation sites excluding steroid dienone is 2. The number of carboxylic acids is 1. The summed E-state index contributed by atoms with van der Waals surface area (Å²) < 4.78 is 0. The number of benzene rings is 1. The van der Waals surface area contributed by atoms with Gasteiger partial charge in [-0.25, -0.2) is 0 Å². The van der Waals surface area contributed by atoms with Crippen LogP contribution in [0.5, 0.6) is 0 Å². The van der Waals surface area contributed by atoms with Gasteiger partial charge in [0.05, 0.1) is 11.8 Å². The molecule has 1 aromatic rings. The van der Waals surface area contributed by atoms with E-state index in [0.717, 1.165) is 24.1 Å². The van der Waals surface area contributed by atoms with Crippen LogP contribution >= 0.6 is 0 Å². The molecule has 2 bridgehead atoms. The van der Waals surface area contributed by atoms with Gasteiger partial charge in [-0.3, -0.25) is 14.4 Å². The van der Waals surface area contributed by atoms with E-state index in [-0.39, 0.29) is 23.7 Å². The number of rotatable bonds is 3. The van der Waals surface area contributed by atoms with Crippen LogP contribution in [0.2, 0.25) is 0 Å². The standard InChI is InChI=1S/C19H20N2O4/c1-10(22)21-7-6-11-9-14(4-5-15(11)21)20-18(23)16-12-2-3-13(8-12)17(16)19(24)25/h2-5,9,12-13,16-17H,6-8H2,1H3,(H,20,23)(H,24,25)/t12-,13-,16+,17+/m0/s1. The summed E-state index contributed by atoms with van der Waals surface area (Å²) in [5, 5.41) is 12.4. The number of amides is 2. The highest BCUT2D eigenvalue weighted by molar-refractivity contribution is 5.98. The molecular formula is C19H20N2O4. The van der Waals surface area contributed by atoms with Crippen LogP contribution < -0.4 is 10.2 Å². The highest BCUT2D eigenvalue weighted by atomic mass is 16.4. The van der Waals surface area contributed by atoms with Crippen molar-refractivity contribution in [3.05, 3.63) is 35.9 Å². The Morgan fingerprint density at radius 2 is 1.88 bits per heavy atom. The largest absolute Gasteiger partial charge is 0.481 e. The first-order valence-corrected chi connectivity index (χ1v) is 8.58. The minimum absolute atomic E-state index is 0.00797. The van der Waals surface area contributed by atoms with Crippen molar-refractivity contribution in [2.45, 2.75) is 19.8 Å². The Bertz CT molecular complexity index is 801. The molecule has 2 amide bonds. The SMILES string of the molecule is CC(=O)N1CCc2cc(NC(=O)[C@H]3[C@H](C(=O)O)[C@H]4C=C[C@H]3C4)ccc21. The van der Waals surface area contributed by atoms with Gasteiger partial charge < -0.3 is 15.3 Å². The van der Waals surface area contributed by atoms with E-state index in [0.29, 0.717) is 12.2 Å². The van der Waals surface area contributed by atoms with Crippen molar-refractivity contribution in [2.75, 3.05) is 16.8 Å². The quantitative estimate of drug-likeness (QED) is 0.825. The summed E-state index contributed by atoms with van der Waals surface area (Å²) in [5.74, 6) is -2.31. The molecular weight excluding hydrogens is 320 g/mol. The Balaban J connectivity index is 1.53. The second-order valence-corrected chi connectivity index (χ2v) is 7.09. The highest BCUT2D eigenvalue weighted by Gasteiger charge is 2.51. The topological polar surface area (TPSA) is 86.7 Å². The van der Waals surface area contributed by atoms with Crippen LogP contribution in [0.1, 0.15) is 18.9 Å². The van der Waals surface area contributed by atoms with Crippen LogP contribution in [0.25, 0.3) is 0 Å². The fourth-order valence-electron chi connectivity index (χ4n) is 4.55. The van der Waals surface area contributed by atoms with E-state index in [1.807, 2.05) is 24.3 Å². The number of carboxylic acid groups (broad SMARTS) is 1. The summed E-state index contributed by atoms with van der Waals surface area (Å²) >= 11 is 0. The fourth-order valence-corrected chi connectivity index (χ4v) is 4.55. The van der Waals surface area contributed by atoms with Crippen molar-refractivity contribution in [3.63, 3.8) is 0 Å². The zero-order valence-electron chi connectivity index (χ0n) is 13.9. The third kappa shape index (κ3) is 2.52. The van der Waals surface area contributed by atoms with Gasteiger partial charge in [0.2, 0.25) is 11.8 Å². The van der Waals surface area contributed by atoms with Crippen molar-refractivity contribution < 1.29 is 19.5 Å². The number of anilines is 2. The molecule has 0 unspecified atom stereocenters. The lowest BCUT2D eigenvalue weighted by Gasteiger charge is -2.24. The molecule has 4 atom stereocenters. The average Bonchev–Trinajstić information content (AvgIpc) is 3.27. The van der Waals surface area contributed by atoms with Gasteiger partial charge in [-0.2, -0.15) is 0 Å². The summed E-state index contributed by atoms with van der Waals surface area (Å²) in [6, 6.07) is 5.50. The van der Waals surface area contributed by atoms with Gasteiger partial charge >= 0.3 is 5.97 Å². The molecule has 6 heteroatoms. The van der Waals surface area contributed by atoms with Crippen LogP contribution in [-0.2, 0) is 20.8 Å². The molecule has 3 aliphatic rings. The average molecular weight is 340 g/mol. The lowest BCUT2D eigenvalue weighted by atomic mass is 9.82. The maximum atomic E-state index is 12.7. The van der Waals surface area contributed by atoms with Crippen LogP contribution in [-0.4, -0.2) is 29.4 Å². The van der Waals surface area contributed by atoms with E-state index in [2.05, 4.69) is 5.32 Å². The lowest BCUT2D eigenvalue weighted by Crippen LogP contribution is -2.36. The summed E-state index contributed by atoms with van der Waals surface area (Å²) in [6.45, 7) is 2.19. The van der Waals surface area contributed by atoms with Crippen LogP contribution in [0.15, 0.2) is 30.4 Å². The molecule has 25 heavy (non-hydrogen) atoms. The van der Waals surface area contributed by atoms with Crippen LogP contribution in [0, 0.1) is 23.7 Å². The minimum atomic E-state index is -0.900. The van der Waals surface area contributed by atoms with E-state index < -0.39 is 17.8 Å². The van der Waals surface area contributed by atoms with E-state index in [9.17, 15) is 19.5 Å². The maximum Gasteiger partial charge on any atom is 0.307 e. The molecule has 130 valence electrons. The Morgan fingerprint density at radius 1 is 1.16 bits per heavy atom. The molecule has 1 heterocycles. The van der Waals surface area contributed by atoms with Gasteiger partial charge in [-0.1, -0.05) is 12.2 Å². The third-order valence-corrected chi connectivity index (χ3v) is 5.67. The molecule has 1 saturated carbocycles. The predicted octanol–water partition coefficient (Wildman–Crippen LogP) is 2.06. The normalized spacial score (nSPS) is 28.9. The number of aliphatic carboxylic acids is 1. The first kappa shape index (κ1) is 15.9. The predicted molar refractivity (Wildman–Crippen MR) is 92.2 cm³/mol. The second-order valence-electron chi connectivity index (χ2n) is 7.09. The molecule has 6 nitrogen and oxygen atoms in total.